The summed E-state index contributed by atoms with van der Waals surface area (Å²) in [6.07, 6.45) is 0.590. The summed E-state index contributed by atoms with van der Waals surface area (Å²) >= 11 is 4.87. The monoisotopic (exact) mass is 289 g/mol. The Morgan fingerprint density at radius 1 is 1.20 bits per heavy atom. The molecule has 0 aliphatic heterocycles. The lowest BCUT2D eigenvalue weighted by Crippen LogP contribution is -2.10. The van der Waals surface area contributed by atoms with Crippen LogP contribution in [0.4, 0.5) is 4.39 Å². The zero-order valence-corrected chi connectivity index (χ0v) is 12.0. The number of hydrogen-bond acceptors (Lipinski definition) is 2. The molecule has 2 N–H and O–H groups in total. The van der Waals surface area contributed by atoms with Crippen molar-refractivity contribution in [2.75, 3.05) is 0 Å². The standard InChI is InChI=1S/C16H16FNOS/c1-11-8-14(17)5-4-13(11)10-19-15-6-2-12(3-7-15)9-16(18)20/h2-8H,9-10H2,1H3,(H2,18,20). The number of nitrogens with two attached hydrogens (primary N) is 1. The molecule has 0 spiro atoms. The van der Waals surface area contributed by atoms with Crippen molar-refractivity contribution >= 4 is 17.2 Å². The molecule has 2 aromatic rings. The lowest BCUT2D eigenvalue weighted by Gasteiger charge is -2.09. The first kappa shape index (κ1) is 14.5. The van der Waals surface area contributed by atoms with E-state index in [2.05, 4.69) is 0 Å². The predicted molar refractivity (Wildman–Crippen MR) is 82.4 cm³/mol. The second-order valence-corrected chi connectivity index (χ2v) is 5.17. The predicted octanol–water partition coefficient (Wildman–Crippen LogP) is 3.54. The minimum absolute atomic E-state index is 0.228. The Kier molecular flexibility index (Phi) is 4.69. The zero-order chi connectivity index (χ0) is 14.5. The van der Waals surface area contributed by atoms with E-state index in [1.165, 1.54) is 12.1 Å². The Balaban J connectivity index is 1.98. The van der Waals surface area contributed by atoms with E-state index in [0.717, 1.165) is 22.4 Å². The van der Waals surface area contributed by atoms with Crippen LogP contribution in [0.15, 0.2) is 42.5 Å². The van der Waals surface area contributed by atoms with Crippen molar-refractivity contribution in [2.45, 2.75) is 20.0 Å². The van der Waals surface area contributed by atoms with Crippen LogP contribution in [0.5, 0.6) is 5.75 Å². The Morgan fingerprint density at radius 2 is 1.90 bits per heavy atom. The van der Waals surface area contributed by atoms with Crippen molar-refractivity contribution in [3.8, 4) is 5.75 Å². The highest BCUT2D eigenvalue weighted by atomic mass is 32.1. The first-order chi connectivity index (χ1) is 9.54. The van der Waals surface area contributed by atoms with E-state index in [1.807, 2.05) is 31.2 Å². The van der Waals surface area contributed by atoms with Gasteiger partial charge in [-0.2, -0.15) is 0 Å². The van der Waals surface area contributed by atoms with Crippen molar-refractivity contribution < 1.29 is 9.13 Å². The van der Waals surface area contributed by atoms with Crippen molar-refractivity contribution in [1.82, 2.24) is 0 Å². The van der Waals surface area contributed by atoms with Crippen molar-refractivity contribution in [1.29, 1.82) is 0 Å². The number of thiocarbonyl (C=S) groups is 1. The molecule has 0 radical (unpaired) electrons. The van der Waals surface area contributed by atoms with Crippen LogP contribution < -0.4 is 10.5 Å². The molecule has 0 aromatic heterocycles. The van der Waals surface area contributed by atoms with Gasteiger partial charge in [0.05, 0.1) is 4.99 Å². The zero-order valence-electron chi connectivity index (χ0n) is 11.2. The van der Waals surface area contributed by atoms with Crippen LogP contribution in [0.25, 0.3) is 0 Å². The topological polar surface area (TPSA) is 35.2 Å². The van der Waals surface area contributed by atoms with E-state index in [0.29, 0.717) is 18.0 Å². The largest absolute Gasteiger partial charge is 0.489 e. The van der Waals surface area contributed by atoms with Crippen LogP contribution in [0.1, 0.15) is 16.7 Å². The number of rotatable bonds is 5. The summed E-state index contributed by atoms with van der Waals surface area (Å²) in [6.45, 7) is 2.29. The third kappa shape index (κ3) is 4.03. The SMILES string of the molecule is Cc1cc(F)ccc1COc1ccc(CC(N)=S)cc1. The summed E-state index contributed by atoms with van der Waals surface area (Å²) in [6, 6.07) is 12.3. The van der Waals surface area contributed by atoms with E-state index in [9.17, 15) is 4.39 Å². The highest BCUT2D eigenvalue weighted by Crippen LogP contribution is 2.16. The second kappa shape index (κ2) is 6.48. The van der Waals surface area contributed by atoms with Gasteiger partial charge in [-0.1, -0.05) is 30.4 Å². The van der Waals surface area contributed by atoms with Gasteiger partial charge in [-0.05, 0) is 47.9 Å². The molecule has 104 valence electrons. The minimum Gasteiger partial charge on any atom is -0.489 e. The van der Waals surface area contributed by atoms with Gasteiger partial charge < -0.3 is 10.5 Å². The maximum absolute atomic E-state index is 13.0. The fraction of sp³-hybridized carbons (Fsp3) is 0.188. The number of halogens is 1. The highest BCUT2D eigenvalue weighted by molar-refractivity contribution is 7.80. The second-order valence-electron chi connectivity index (χ2n) is 4.65. The smallest absolute Gasteiger partial charge is 0.123 e. The maximum Gasteiger partial charge on any atom is 0.123 e. The molecule has 0 fully saturated rings. The molecule has 2 aromatic carbocycles. The normalized spacial score (nSPS) is 10.3. The van der Waals surface area contributed by atoms with Gasteiger partial charge in [-0.3, -0.25) is 0 Å². The Labute approximate surface area is 123 Å². The number of hydrogen-bond donors (Lipinski definition) is 1. The third-order valence-corrected chi connectivity index (χ3v) is 3.15. The van der Waals surface area contributed by atoms with E-state index >= 15 is 0 Å². The minimum atomic E-state index is -0.228. The van der Waals surface area contributed by atoms with Gasteiger partial charge in [0.2, 0.25) is 0 Å². The van der Waals surface area contributed by atoms with E-state index in [1.54, 1.807) is 6.07 Å². The molecule has 2 rings (SSSR count). The van der Waals surface area contributed by atoms with Gasteiger partial charge in [-0.15, -0.1) is 0 Å². The van der Waals surface area contributed by atoms with E-state index in [4.69, 9.17) is 22.7 Å². The molecule has 0 bridgehead atoms. The van der Waals surface area contributed by atoms with Crippen LogP contribution in [0, 0.1) is 12.7 Å². The highest BCUT2D eigenvalue weighted by Gasteiger charge is 2.02. The molecule has 0 unspecified atom stereocenters. The first-order valence-corrected chi connectivity index (χ1v) is 6.70. The Bertz CT molecular complexity index is 610. The number of aryl methyl sites for hydroxylation is 1. The summed E-state index contributed by atoms with van der Waals surface area (Å²) in [4.78, 5) is 0.473. The molecule has 20 heavy (non-hydrogen) atoms. The Hall–Kier alpha value is -1.94. The van der Waals surface area contributed by atoms with Crippen LogP contribution >= 0.6 is 12.2 Å². The molecule has 0 aliphatic rings. The first-order valence-electron chi connectivity index (χ1n) is 6.29. The van der Waals surface area contributed by atoms with Gasteiger partial charge in [0.1, 0.15) is 18.2 Å². The van der Waals surface area contributed by atoms with Crippen molar-refractivity contribution in [3.63, 3.8) is 0 Å². The fourth-order valence-corrected chi connectivity index (χ4v) is 2.05. The summed E-state index contributed by atoms with van der Waals surface area (Å²) in [7, 11) is 0. The van der Waals surface area contributed by atoms with E-state index < -0.39 is 0 Å². The molecule has 2 nitrogen and oxygen atoms in total. The van der Waals surface area contributed by atoms with E-state index in [-0.39, 0.29) is 5.82 Å². The van der Waals surface area contributed by atoms with Gasteiger partial charge in [0, 0.05) is 6.42 Å². The summed E-state index contributed by atoms with van der Waals surface area (Å²) < 4.78 is 18.7. The molecule has 0 saturated heterocycles. The lowest BCUT2D eigenvalue weighted by atomic mass is 10.1. The molecular weight excluding hydrogens is 273 g/mol. The molecule has 0 atom stereocenters. The quantitative estimate of drug-likeness (QED) is 0.855. The third-order valence-electron chi connectivity index (χ3n) is 3.00. The number of benzene rings is 2. The number of ether oxygens (including phenoxy) is 1. The van der Waals surface area contributed by atoms with Crippen LogP contribution in [-0.2, 0) is 13.0 Å². The van der Waals surface area contributed by atoms with Crippen molar-refractivity contribution in [3.05, 3.63) is 65.0 Å². The average molecular weight is 289 g/mol. The van der Waals surface area contributed by atoms with Crippen LogP contribution in [0.3, 0.4) is 0 Å². The van der Waals surface area contributed by atoms with Crippen LogP contribution in [0.2, 0.25) is 0 Å². The van der Waals surface area contributed by atoms with Gasteiger partial charge >= 0.3 is 0 Å². The summed E-state index contributed by atoms with van der Waals surface area (Å²) in [5.41, 5.74) is 8.41. The molecule has 4 heteroatoms. The summed E-state index contributed by atoms with van der Waals surface area (Å²) in [5, 5.41) is 0. The summed E-state index contributed by atoms with van der Waals surface area (Å²) in [5.74, 6) is 0.536. The molecular formula is C16H16FNOS. The molecule has 0 amide bonds. The average Bonchev–Trinajstić information content (AvgIpc) is 2.39. The molecule has 0 heterocycles. The van der Waals surface area contributed by atoms with Gasteiger partial charge in [-0.25, -0.2) is 4.39 Å². The molecule has 0 aliphatic carbocycles. The maximum atomic E-state index is 13.0. The van der Waals surface area contributed by atoms with Gasteiger partial charge in [0.15, 0.2) is 0 Å². The fourth-order valence-electron chi connectivity index (χ4n) is 1.89. The van der Waals surface area contributed by atoms with Crippen LogP contribution in [-0.4, -0.2) is 4.99 Å². The lowest BCUT2D eigenvalue weighted by molar-refractivity contribution is 0.305. The van der Waals surface area contributed by atoms with Crippen molar-refractivity contribution in [2.24, 2.45) is 5.73 Å². The Morgan fingerprint density at radius 3 is 2.50 bits per heavy atom. The van der Waals surface area contributed by atoms with Gasteiger partial charge in [0.25, 0.3) is 0 Å². The molecule has 0 saturated carbocycles.